The monoisotopic (exact) mass is 981 g/mol. The summed E-state index contributed by atoms with van der Waals surface area (Å²) < 4.78 is 48.9. The molecule has 15 aromatic carbocycles. The van der Waals surface area contributed by atoms with Crippen molar-refractivity contribution < 1.29 is 11.3 Å². The SMILES string of the molecule is [2H]c1c([2H])c([2H])c(-c2c3ccccc3c(-c3cccc4oc5cc6ccccc6cc5c34)c3ccccc23)c([2H])c1[2H].c1ccc2cc(-c3ccc(-c4c5ccccc5c(-c5cccc6ccccc56)c5ccccc45)cc3)ccc2c1. The van der Waals surface area contributed by atoms with E-state index in [1.54, 1.807) is 0 Å². The van der Waals surface area contributed by atoms with Crippen LogP contribution in [-0.2, 0) is 0 Å². The predicted molar refractivity (Wildman–Crippen MR) is 330 cm³/mol. The fourth-order valence-corrected chi connectivity index (χ4v) is 12.2. The summed E-state index contributed by atoms with van der Waals surface area (Å²) in [6, 6.07) is 90.5. The van der Waals surface area contributed by atoms with Crippen LogP contribution in [0.3, 0.4) is 0 Å². The molecule has 0 radical (unpaired) electrons. The number of fused-ring (bicyclic) bond motifs is 10. The van der Waals surface area contributed by atoms with Gasteiger partial charge in [0, 0.05) is 10.8 Å². The van der Waals surface area contributed by atoms with Gasteiger partial charge in [-0.3, -0.25) is 0 Å². The van der Waals surface area contributed by atoms with E-state index in [1.807, 2.05) is 72.8 Å². The van der Waals surface area contributed by atoms with Crippen molar-refractivity contribution in [3.63, 3.8) is 0 Å². The van der Waals surface area contributed by atoms with Crippen molar-refractivity contribution in [3.8, 4) is 55.6 Å². The number of benzene rings is 15. The molecule has 1 heterocycles. The van der Waals surface area contributed by atoms with Gasteiger partial charge in [-0.05, 0) is 155 Å². The molecule has 358 valence electrons. The summed E-state index contributed by atoms with van der Waals surface area (Å²) in [4.78, 5) is 0. The third-order valence-corrected chi connectivity index (χ3v) is 15.6. The molecule has 0 aliphatic heterocycles. The molecule has 0 amide bonds. The Labute approximate surface area is 453 Å². The number of rotatable bonds is 5. The Morgan fingerprint density at radius 1 is 0.234 bits per heavy atom. The smallest absolute Gasteiger partial charge is 0.136 e. The van der Waals surface area contributed by atoms with Crippen LogP contribution in [0, 0.1) is 0 Å². The van der Waals surface area contributed by atoms with E-state index in [0.29, 0.717) is 5.56 Å². The number of hydrogen-bond donors (Lipinski definition) is 0. The summed E-state index contributed by atoms with van der Waals surface area (Å²) in [7, 11) is 0. The topological polar surface area (TPSA) is 13.1 Å². The van der Waals surface area contributed by atoms with Crippen LogP contribution in [0.15, 0.2) is 295 Å². The standard InChI is InChI=1S/C40H26.C36H22O/c1-2-12-31-26-32(25-22-27(31)10-1)28-20-23-30(24-21-28)39-35-15-5-7-17-37(35)40(38-18-8-6-16-36(38)39)34-19-9-13-29-11-3-4-14-33(29)34;1-2-11-23(12-3-1)34-26-15-6-8-17-28(26)35(29-18-9-7-16-27(29)34)30-19-10-20-32-36(30)31-21-24-13-4-5-14-25(24)22-33(31)37-32/h1-26H;1-22H/i;1D,2D,3D,11D,12D. The molecule has 0 saturated carbocycles. The Kier molecular flexibility index (Phi) is 9.41. The van der Waals surface area contributed by atoms with E-state index in [-0.39, 0.29) is 29.7 Å². The van der Waals surface area contributed by atoms with Gasteiger partial charge in [0.25, 0.3) is 0 Å². The Hall–Kier alpha value is -10.1. The molecule has 0 atom stereocenters. The van der Waals surface area contributed by atoms with E-state index in [0.717, 1.165) is 65.4 Å². The van der Waals surface area contributed by atoms with E-state index in [9.17, 15) is 0 Å². The minimum absolute atomic E-state index is 0.207. The quantitative estimate of drug-likeness (QED) is 0.157. The zero-order chi connectivity index (χ0) is 55.2. The first-order valence-corrected chi connectivity index (χ1v) is 26.2. The van der Waals surface area contributed by atoms with Crippen molar-refractivity contribution >= 4 is 97.3 Å². The Morgan fingerprint density at radius 3 is 1.25 bits per heavy atom. The Balaban J connectivity index is 0.000000141. The average molecular weight is 982 g/mol. The fourth-order valence-electron chi connectivity index (χ4n) is 12.2. The Morgan fingerprint density at radius 2 is 0.649 bits per heavy atom. The molecular weight excluding hydrogens is 929 g/mol. The van der Waals surface area contributed by atoms with Crippen molar-refractivity contribution in [2.24, 2.45) is 0 Å². The molecule has 16 rings (SSSR count). The third-order valence-electron chi connectivity index (χ3n) is 15.6. The van der Waals surface area contributed by atoms with Crippen molar-refractivity contribution in [2.75, 3.05) is 0 Å². The maximum absolute atomic E-state index is 8.80. The molecule has 16 aromatic rings. The van der Waals surface area contributed by atoms with Crippen LogP contribution in [0.5, 0.6) is 0 Å². The molecule has 0 spiro atoms. The summed E-state index contributed by atoms with van der Waals surface area (Å²) in [6.45, 7) is 0. The highest BCUT2D eigenvalue weighted by Gasteiger charge is 2.21. The highest BCUT2D eigenvalue weighted by atomic mass is 16.3. The third kappa shape index (κ3) is 7.47. The van der Waals surface area contributed by atoms with E-state index in [4.69, 9.17) is 11.3 Å². The average Bonchev–Trinajstić information content (AvgIpc) is 4.06. The molecule has 0 N–H and O–H groups in total. The van der Waals surface area contributed by atoms with Crippen LogP contribution in [0.4, 0.5) is 0 Å². The lowest BCUT2D eigenvalue weighted by Gasteiger charge is -2.19. The van der Waals surface area contributed by atoms with Gasteiger partial charge in [0.15, 0.2) is 0 Å². The minimum atomic E-state index is -0.398. The van der Waals surface area contributed by atoms with Gasteiger partial charge in [0.2, 0.25) is 0 Å². The zero-order valence-corrected chi connectivity index (χ0v) is 41.7. The lowest BCUT2D eigenvalue weighted by Crippen LogP contribution is -1.91. The lowest BCUT2D eigenvalue weighted by molar-refractivity contribution is 0.669. The molecule has 0 aliphatic rings. The highest BCUT2D eigenvalue weighted by molar-refractivity contribution is 6.27. The van der Waals surface area contributed by atoms with Crippen molar-refractivity contribution in [3.05, 3.63) is 291 Å². The first kappa shape index (κ1) is 39.4. The first-order chi connectivity index (χ1) is 40.3. The fraction of sp³-hybridized carbons (Fsp3) is 0. The van der Waals surface area contributed by atoms with Crippen LogP contribution in [-0.4, -0.2) is 0 Å². The van der Waals surface area contributed by atoms with E-state index < -0.39 is 6.04 Å². The lowest BCUT2D eigenvalue weighted by atomic mass is 9.84. The molecule has 0 saturated heterocycles. The summed E-state index contributed by atoms with van der Waals surface area (Å²) in [6.07, 6.45) is 0. The van der Waals surface area contributed by atoms with Crippen molar-refractivity contribution in [2.45, 2.75) is 0 Å². The van der Waals surface area contributed by atoms with Gasteiger partial charge in [0.1, 0.15) is 11.2 Å². The first-order valence-electron chi connectivity index (χ1n) is 28.7. The second-order valence-corrected chi connectivity index (χ2v) is 19.8. The second-order valence-electron chi connectivity index (χ2n) is 19.8. The summed E-state index contributed by atoms with van der Waals surface area (Å²) in [5.74, 6) is 0. The van der Waals surface area contributed by atoms with Gasteiger partial charge in [-0.2, -0.15) is 0 Å². The van der Waals surface area contributed by atoms with Crippen LogP contribution < -0.4 is 0 Å². The van der Waals surface area contributed by atoms with Gasteiger partial charge in [-0.25, -0.2) is 0 Å². The van der Waals surface area contributed by atoms with Gasteiger partial charge in [0.05, 0.1) is 6.85 Å². The van der Waals surface area contributed by atoms with Crippen LogP contribution in [0.25, 0.3) is 153 Å². The molecule has 0 unspecified atom stereocenters. The van der Waals surface area contributed by atoms with Gasteiger partial charge in [-0.15, -0.1) is 0 Å². The van der Waals surface area contributed by atoms with Crippen LogP contribution in [0.1, 0.15) is 6.85 Å². The van der Waals surface area contributed by atoms with E-state index >= 15 is 0 Å². The maximum Gasteiger partial charge on any atom is 0.136 e. The van der Waals surface area contributed by atoms with Crippen LogP contribution in [0.2, 0.25) is 0 Å². The van der Waals surface area contributed by atoms with Gasteiger partial charge in [-0.1, -0.05) is 267 Å². The maximum atomic E-state index is 8.80. The highest BCUT2D eigenvalue weighted by Crippen LogP contribution is 2.48. The van der Waals surface area contributed by atoms with Crippen LogP contribution >= 0.6 is 0 Å². The largest absolute Gasteiger partial charge is 0.456 e. The Bertz CT molecular complexity index is 5140. The molecule has 0 aliphatic carbocycles. The normalized spacial score (nSPS) is 12.5. The van der Waals surface area contributed by atoms with E-state index in [2.05, 4.69) is 188 Å². The van der Waals surface area contributed by atoms with Crippen molar-refractivity contribution in [1.82, 2.24) is 0 Å². The summed E-state index contributed by atoms with van der Waals surface area (Å²) in [5.41, 5.74) is 12.1. The predicted octanol–water partition coefficient (Wildman–Crippen LogP) is 21.7. The minimum Gasteiger partial charge on any atom is -0.456 e. The summed E-state index contributed by atoms with van der Waals surface area (Å²) >= 11 is 0. The molecule has 1 aromatic heterocycles. The van der Waals surface area contributed by atoms with Crippen molar-refractivity contribution in [1.29, 1.82) is 0 Å². The van der Waals surface area contributed by atoms with Gasteiger partial charge < -0.3 is 4.42 Å². The molecular formula is C76H48O. The molecule has 77 heavy (non-hydrogen) atoms. The van der Waals surface area contributed by atoms with E-state index in [1.165, 1.54) is 76.5 Å². The van der Waals surface area contributed by atoms with Gasteiger partial charge >= 0.3 is 0 Å². The number of furan rings is 1. The summed E-state index contributed by atoms with van der Waals surface area (Å²) in [5, 5.41) is 18.0. The number of hydrogen-bond acceptors (Lipinski definition) is 1. The second kappa shape index (κ2) is 18.4. The molecule has 1 heteroatoms. The molecule has 1 nitrogen and oxygen atoms in total. The molecule has 0 bridgehead atoms. The molecule has 0 fully saturated rings. The zero-order valence-electron chi connectivity index (χ0n) is 46.7.